The molecule has 44 heavy (non-hydrogen) atoms. The number of amides is 2. The van der Waals surface area contributed by atoms with Crippen LogP contribution in [0.15, 0.2) is 0 Å². The summed E-state index contributed by atoms with van der Waals surface area (Å²) in [5.74, 6) is -2.30. The molecule has 3 aliphatic carbocycles. The third-order valence-electron chi connectivity index (χ3n) is 9.77. The summed E-state index contributed by atoms with van der Waals surface area (Å²) < 4.78 is 39.8. The van der Waals surface area contributed by atoms with Gasteiger partial charge in [-0.15, -0.1) is 0 Å². The number of hydrogen-bond acceptors (Lipinski definition) is 8. The quantitative estimate of drug-likeness (QED) is 0.179. The maximum Gasteiger partial charge on any atom is 0.305 e. The third kappa shape index (κ3) is 11.2. The van der Waals surface area contributed by atoms with Crippen molar-refractivity contribution in [1.82, 2.24) is 15.4 Å². The first-order chi connectivity index (χ1) is 20.8. The third-order valence-corrected chi connectivity index (χ3v) is 11.8. The number of sulfonamides is 1. The highest BCUT2D eigenvalue weighted by molar-refractivity contribution is 7.90. The number of carbonyl (C=O) groups is 3. The summed E-state index contributed by atoms with van der Waals surface area (Å²) in [5.41, 5.74) is 0. The zero-order valence-corrected chi connectivity index (χ0v) is 27.6. The summed E-state index contributed by atoms with van der Waals surface area (Å²) in [5, 5.41) is 25.2. The number of aliphatic hydroxyl groups is 1. The fourth-order valence-corrected chi connectivity index (χ4v) is 9.00. The fraction of sp³-hybridized carbons (Fsp3) is 0.903. The lowest BCUT2D eigenvalue weighted by atomic mass is 9.79. The number of rotatable bonds is 15. The van der Waals surface area contributed by atoms with Crippen LogP contribution in [0.2, 0.25) is 0 Å². The summed E-state index contributed by atoms with van der Waals surface area (Å²) in [6, 6.07) is -0.856. The van der Waals surface area contributed by atoms with Gasteiger partial charge in [0.2, 0.25) is 21.8 Å². The first-order valence-corrected chi connectivity index (χ1v) is 17.9. The molecular formula is C31H55N3O9S. The van der Waals surface area contributed by atoms with E-state index in [9.17, 15) is 33.0 Å². The van der Waals surface area contributed by atoms with E-state index >= 15 is 0 Å². The van der Waals surface area contributed by atoms with Crippen LogP contribution in [-0.4, -0.2) is 92.3 Å². The van der Waals surface area contributed by atoms with Crippen LogP contribution in [0, 0.1) is 17.8 Å². The topological polar surface area (TPSA) is 180 Å². The predicted molar refractivity (Wildman–Crippen MR) is 165 cm³/mol. The van der Waals surface area contributed by atoms with Crippen molar-refractivity contribution in [2.45, 2.75) is 145 Å². The summed E-state index contributed by atoms with van der Waals surface area (Å²) >= 11 is 0. The van der Waals surface area contributed by atoms with Gasteiger partial charge in [0, 0.05) is 44.7 Å². The fourth-order valence-electron chi connectivity index (χ4n) is 7.21. The van der Waals surface area contributed by atoms with Gasteiger partial charge < -0.3 is 30.3 Å². The van der Waals surface area contributed by atoms with E-state index in [1.807, 2.05) is 13.8 Å². The monoisotopic (exact) mass is 645 g/mol. The molecular weight excluding hydrogens is 590 g/mol. The van der Waals surface area contributed by atoms with Crippen LogP contribution in [-0.2, 0) is 33.9 Å². The van der Waals surface area contributed by atoms with E-state index in [1.54, 1.807) is 7.11 Å². The van der Waals surface area contributed by atoms with Gasteiger partial charge in [-0.2, -0.15) is 0 Å². The summed E-state index contributed by atoms with van der Waals surface area (Å²) in [7, 11) is -0.264. The highest BCUT2D eigenvalue weighted by Gasteiger charge is 2.37. The van der Waals surface area contributed by atoms with Crippen molar-refractivity contribution in [3.8, 4) is 0 Å². The van der Waals surface area contributed by atoms with E-state index < -0.39 is 45.4 Å². The molecule has 3 fully saturated rings. The SMILES string of the molecule is COC1CCC(NS(=O)(=O)C2CCC(NC(=O)CC(CC(C)C)C(=O)N[C@@H](CC(=O)O)C3CCC(O)C(OC)C3)CC2)CC1. The minimum absolute atomic E-state index is 0.0299. The molecule has 3 rings (SSSR count). The number of methoxy groups -OCH3 is 2. The van der Waals surface area contributed by atoms with Gasteiger partial charge >= 0.3 is 5.97 Å². The van der Waals surface area contributed by atoms with Gasteiger partial charge in [-0.1, -0.05) is 13.8 Å². The number of aliphatic hydroxyl groups excluding tert-OH is 1. The Balaban J connectivity index is 1.52. The second-order valence-corrected chi connectivity index (χ2v) is 15.6. The van der Waals surface area contributed by atoms with Crippen LogP contribution >= 0.6 is 0 Å². The van der Waals surface area contributed by atoms with Crippen molar-refractivity contribution >= 4 is 27.8 Å². The molecule has 5 N–H and O–H groups in total. The average Bonchev–Trinajstić information content (AvgIpc) is 2.96. The van der Waals surface area contributed by atoms with Crippen LogP contribution in [0.3, 0.4) is 0 Å². The molecule has 0 aliphatic heterocycles. The maximum atomic E-state index is 13.5. The molecule has 13 heteroatoms. The standard InChI is InChI=1S/C31H55N3O9S/c1-19(2)15-21(31(39)33-26(18-30(37)38)20-5-14-27(35)28(16-20)43-4)17-29(36)32-22-8-12-25(13-9-22)44(40,41)34-23-6-10-24(42-3)11-7-23/h19-28,34-35H,5-18H2,1-4H3,(H,32,36)(H,33,39)(H,37,38)/t20?,21?,22?,23?,24?,25?,26-,27?,28?/m0/s1. The summed E-state index contributed by atoms with van der Waals surface area (Å²) in [6.07, 6.45) is 6.03. The molecule has 0 spiro atoms. The van der Waals surface area contributed by atoms with Crippen LogP contribution < -0.4 is 15.4 Å². The summed E-state index contributed by atoms with van der Waals surface area (Å²) in [4.78, 5) is 38.2. The maximum absolute atomic E-state index is 13.5. The molecule has 0 aromatic rings. The van der Waals surface area contributed by atoms with Crippen LogP contribution in [0.25, 0.3) is 0 Å². The second-order valence-electron chi connectivity index (χ2n) is 13.6. The van der Waals surface area contributed by atoms with Crippen molar-refractivity contribution < 1.29 is 42.5 Å². The molecule has 0 bridgehead atoms. The Kier molecular flexibility index (Phi) is 14.3. The zero-order valence-electron chi connectivity index (χ0n) is 26.8. The first kappa shape index (κ1) is 36.7. The molecule has 254 valence electrons. The largest absolute Gasteiger partial charge is 0.481 e. The van der Waals surface area contributed by atoms with E-state index in [0.717, 1.165) is 25.7 Å². The second kappa shape index (κ2) is 17.2. The molecule has 4 unspecified atom stereocenters. The van der Waals surface area contributed by atoms with Gasteiger partial charge in [-0.3, -0.25) is 14.4 Å². The Hall–Kier alpha value is -1.80. The molecule has 12 nitrogen and oxygen atoms in total. The molecule has 0 aromatic heterocycles. The van der Waals surface area contributed by atoms with Crippen molar-refractivity contribution in [2.24, 2.45) is 17.8 Å². The van der Waals surface area contributed by atoms with Crippen molar-refractivity contribution in [2.75, 3.05) is 14.2 Å². The molecule has 3 aliphatic rings. The highest BCUT2D eigenvalue weighted by Crippen LogP contribution is 2.31. The molecule has 0 radical (unpaired) electrons. The van der Waals surface area contributed by atoms with Crippen molar-refractivity contribution in [1.29, 1.82) is 0 Å². The normalized spacial score (nSPS) is 31.2. The smallest absolute Gasteiger partial charge is 0.305 e. The van der Waals surface area contributed by atoms with E-state index in [0.29, 0.717) is 51.4 Å². The number of carboxylic acids is 1. The molecule has 2 amide bonds. The molecule has 0 aromatic carbocycles. The molecule has 0 saturated heterocycles. The lowest BCUT2D eigenvalue weighted by Crippen LogP contribution is -2.49. The van der Waals surface area contributed by atoms with Crippen LogP contribution in [0.4, 0.5) is 0 Å². The van der Waals surface area contributed by atoms with E-state index in [2.05, 4.69) is 15.4 Å². The first-order valence-electron chi connectivity index (χ1n) is 16.4. The van der Waals surface area contributed by atoms with Crippen LogP contribution in [0.1, 0.15) is 104 Å². The van der Waals surface area contributed by atoms with Gasteiger partial charge in [0.25, 0.3) is 0 Å². The number of ether oxygens (including phenoxy) is 2. The Labute approximate surface area is 262 Å². The number of hydrogen-bond donors (Lipinski definition) is 5. The van der Waals surface area contributed by atoms with Gasteiger partial charge in [0.15, 0.2) is 0 Å². The van der Waals surface area contributed by atoms with Gasteiger partial charge in [-0.05, 0) is 88.9 Å². The predicted octanol–water partition coefficient (Wildman–Crippen LogP) is 2.48. The molecule has 0 heterocycles. The highest BCUT2D eigenvalue weighted by atomic mass is 32.2. The number of aliphatic carboxylic acids is 1. The molecule has 3 saturated carbocycles. The van der Waals surface area contributed by atoms with E-state index in [1.165, 1.54) is 7.11 Å². The van der Waals surface area contributed by atoms with Crippen molar-refractivity contribution in [3.05, 3.63) is 0 Å². The van der Waals surface area contributed by atoms with Gasteiger partial charge in [0.05, 0.1) is 30.0 Å². The average molecular weight is 646 g/mol. The van der Waals surface area contributed by atoms with Gasteiger partial charge in [-0.25, -0.2) is 13.1 Å². The lowest BCUT2D eigenvalue weighted by Gasteiger charge is -2.37. The minimum atomic E-state index is -3.46. The van der Waals surface area contributed by atoms with E-state index in [4.69, 9.17) is 9.47 Å². The molecule has 5 atom stereocenters. The zero-order chi connectivity index (χ0) is 32.4. The lowest BCUT2D eigenvalue weighted by molar-refractivity contribution is -0.139. The Bertz CT molecular complexity index is 1040. The Morgan fingerprint density at radius 2 is 1.50 bits per heavy atom. The number of carboxylic acid groups (broad SMARTS) is 1. The number of carbonyl (C=O) groups excluding carboxylic acids is 2. The Morgan fingerprint density at radius 3 is 2.07 bits per heavy atom. The summed E-state index contributed by atoms with van der Waals surface area (Å²) in [6.45, 7) is 3.94. The van der Waals surface area contributed by atoms with Crippen LogP contribution in [0.5, 0.6) is 0 Å². The minimum Gasteiger partial charge on any atom is -0.481 e. The van der Waals surface area contributed by atoms with Gasteiger partial charge in [0.1, 0.15) is 0 Å². The van der Waals surface area contributed by atoms with Crippen molar-refractivity contribution in [3.63, 3.8) is 0 Å². The Morgan fingerprint density at radius 1 is 0.864 bits per heavy atom. The number of nitrogens with one attached hydrogen (secondary N) is 3. The van der Waals surface area contributed by atoms with E-state index in [-0.39, 0.29) is 54.7 Å².